The molecule has 29 heavy (non-hydrogen) atoms. The maximum absolute atomic E-state index is 10.00. The van der Waals surface area contributed by atoms with Crippen molar-refractivity contribution >= 4 is 23.5 Å². The molecular weight excluding hydrogens is 360 g/mol. The Morgan fingerprint density at radius 2 is 1.07 bits per heavy atom. The van der Waals surface area contributed by atoms with Gasteiger partial charge in [0.05, 0.1) is 11.4 Å². The number of isocyanates is 2. The van der Waals surface area contributed by atoms with Gasteiger partial charge in [-0.1, -0.05) is 110 Å². The van der Waals surface area contributed by atoms with Crippen LogP contribution in [-0.4, -0.2) is 12.2 Å². The van der Waals surface area contributed by atoms with E-state index >= 15 is 0 Å². The molecule has 0 unspecified atom stereocenters. The largest absolute Gasteiger partial charge is 0.240 e. The van der Waals surface area contributed by atoms with Crippen molar-refractivity contribution in [3.8, 4) is 0 Å². The molecule has 1 aromatic carbocycles. The number of rotatable bonds is 15. The summed E-state index contributed by atoms with van der Waals surface area (Å²) in [6.45, 7) is 6.38. The van der Waals surface area contributed by atoms with E-state index in [1.54, 1.807) is 19.1 Å². The van der Waals surface area contributed by atoms with Crippen LogP contribution in [0.2, 0.25) is 0 Å². The molecule has 0 atom stereocenters. The van der Waals surface area contributed by atoms with Crippen LogP contribution in [0.5, 0.6) is 0 Å². The van der Waals surface area contributed by atoms with Gasteiger partial charge in [0, 0.05) is 0 Å². The predicted molar refractivity (Wildman–Crippen MR) is 123 cm³/mol. The zero-order valence-electron chi connectivity index (χ0n) is 18.8. The van der Waals surface area contributed by atoms with E-state index in [2.05, 4.69) is 23.8 Å². The summed E-state index contributed by atoms with van der Waals surface area (Å²) in [6.07, 6.45) is 23.3. The first kappa shape index (κ1) is 27.0. The molecule has 0 aliphatic heterocycles. The molecule has 0 aromatic heterocycles. The number of aryl methyl sites for hydroxylation is 1. The van der Waals surface area contributed by atoms with Gasteiger partial charge in [-0.15, -0.1) is 0 Å². The number of unbranched alkanes of at least 4 members (excludes halogenated alkanes) is 13. The summed E-state index contributed by atoms with van der Waals surface area (Å²) in [7, 11) is 0. The molecule has 0 bridgehead atoms. The van der Waals surface area contributed by atoms with Crippen molar-refractivity contribution in [2.24, 2.45) is 9.98 Å². The Bertz CT molecular complexity index is 601. The van der Waals surface area contributed by atoms with Crippen LogP contribution in [0, 0.1) is 6.92 Å². The molecule has 0 aliphatic carbocycles. The second kappa shape index (κ2) is 20.7. The molecule has 0 N–H and O–H groups in total. The number of hydrogen-bond donors (Lipinski definition) is 0. The summed E-state index contributed by atoms with van der Waals surface area (Å²) in [5.41, 5.74) is 1.72. The Labute approximate surface area is 177 Å². The van der Waals surface area contributed by atoms with Crippen LogP contribution in [0.1, 0.15) is 109 Å². The lowest BCUT2D eigenvalue weighted by Crippen LogP contribution is -1.82. The number of nitrogens with zero attached hydrogens (tertiary/aromatic N) is 2. The van der Waals surface area contributed by atoms with Gasteiger partial charge in [-0.2, -0.15) is 9.98 Å². The normalized spacial score (nSPS) is 9.76. The van der Waals surface area contributed by atoms with E-state index in [0.717, 1.165) is 5.56 Å². The van der Waals surface area contributed by atoms with Crippen molar-refractivity contribution in [3.05, 3.63) is 23.8 Å². The maximum Gasteiger partial charge on any atom is 0.240 e. The summed E-state index contributed by atoms with van der Waals surface area (Å²) >= 11 is 0. The van der Waals surface area contributed by atoms with E-state index in [4.69, 9.17) is 0 Å². The van der Waals surface area contributed by atoms with Crippen LogP contribution in [-0.2, 0) is 9.59 Å². The maximum atomic E-state index is 10.00. The van der Waals surface area contributed by atoms with E-state index < -0.39 is 0 Å². The SMILES string of the molecule is CCCCCCCCCCCCCCCC.Cc1ccc(N=C=O)cc1N=C=O. The summed E-state index contributed by atoms with van der Waals surface area (Å²) in [4.78, 5) is 26.8. The van der Waals surface area contributed by atoms with Gasteiger partial charge < -0.3 is 0 Å². The molecule has 1 rings (SSSR count). The van der Waals surface area contributed by atoms with E-state index in [9.17, 15) is 9.59 Å². The quantitative estimate of drug-likeness (QED) is 0.168. The third kappa shape index (κ3) is 16.6. The molecule has 0 heterocycles. The Hall–Kier alpha value is -2.02. The second-order valence-corrected chi connectivity index (χ2v) is 7.62. The third-order valence-corrected chi connectivity index (χ3v) is 4.99. The smallest absolute Gasteiger partial charge is 0.211 e. The number of benzene rings is 1. The minimum Gasteiger partial charge on any atom is -0.211 e. The van der Waals surface area contributed by atoms with Gasteiger partial charge in [-0.05, 0) is 24.6 Å². The van der Waals surface area contributed by atoms with E-state index in [0.29, 0.717) is 11.4 Å². The molecule has 0 saturated heterocycles. The van der Waals surface area contributed by atoms with Gasteiger partial charge >= 0.3 is 0 Å². The highest BCUT2D eigenvalue weighted by Crippen LogP contribution is 2.23. The zero-order chi connectivity index (χ0) is 21.6. The second-order valence-electron chi connectivity index (χ2n) is 7.62. The van der Waals surface area contributed by atoms with Gasteiger partial charge in [-0.3, -0.25) is 0 Å². The lowest BCUT2D eigenvalue weighted by molar-refractivity contribution is 0.538. The summed E-state index contributed by atoms with van der Waals surface area (Å²) < 4.78 is 0. The highest BCUT2D eigenvalue weighted by atomic mass is 16.1. The fourth-order valence-corrected chi connectivity index (χ4v) is 3.16. The van der Waals surface area contributed by atoms with Crippen LogP contribution in [0.4, 0.5) is 11.4 Å². The van der Waals surface area contributed by atoms with Gasteiger partial charge in [0.1, 0.15) is 0 Å². The molecule has 0 radical (unpaired) electrons. The molecule has 4 heteroatoms. The predicted octanol–water partition coefficient (Wildman–Crippen LogP) is 8.42. The average Bonchev–Trinajstić information content (AvgIpc) is 2.72. The average molecular weight is 401 g/mol. The van der Waals surface area contributed by atoms with E-state index in [1.807, 2.05) is 0 Å². The molecule has 0 aliphatic rings. The van der Waals surface area contributed by atoms with Crippen LogP contribution < -0.4 is 0 Å². The van der Waals surface area contributed by atoms with Gasteiger partial charge in [-0.25, -0.2) is 9.59 Å². The van der Waals surface area contributed by atoms with Crippen LogP contribution >= 0.6 is 0 Å². The Balaban J connectivity index is 0.000000551. The third-order valence-electron chi connectivity index (χ3n) is 4.99. The molecule has 162 valence electrons. The first-order valence-electron chi connectivity index (χ1n) is 11.5. The summed E-state index contributed by atoms with van der Waals surface area (Å²) in [5.74, 6) is 0. The summed E-state index contributed by atoms with van der Waals surface area (Å²) in [6, 6.07) is 4.88. The number of hydrogen-bond acceptors (Lipinski definition) is 4. The van der Waals surface area contributed by atoms with Crippen LogP contribution in [0.25, 0.3) is 0 Å². The minimum atomic E-state index is 0.426. The first-order chi connectivity index (χ1) is 14.2. The van der Waals surface area contributed by atoms with Crippen molar-refractivity contribution in [1.82, 2.24) is 0 Å². The van der Waals surface area contributed by atoms with Gasteiger partial charge in [0.15, 0.2) is 0 Å². The lowest BCUT2D eigenvalue weighted by atomic mass is 10.0. The van der Waals surface area contributed by atoms with Crippen molar-refractivity contribution in [1.29, 1.82) is 0 Å². The molecule has 0 spiro atoms. The Morgan fingerprint density at radius 3 is 1.45 bits per heavy atom. The highest BCUT2D eigenvalue weighted by Gasteiger charge is 1.97. The molecule has 0 fully saturated rings. The van der Waals surface area contributed by atoms with Crippen molar-refractivity contribution < 1.29 is 9.59 Å². The molecule has 0 saturated carbocycles. The zero-order valence-corrected chi connectivity index (χ0v) is 18.8. The Kier molecular flexibility index (Phi) is 19.3. The van der Waals surface area contributed by atoms with Crippen LogP contribution in [0.3, 0.4) is 0 Å². The summed E-state index contributed by atoms with van der Waals surface area (Å²) in [5, 5.41) is 0. The molecule has 1 aromatic rings. The van der Waals surface area contributed by atoms with E-state index in [-0.39, 0.29) is 0 Å². The monoisotopic (exact) mass is 400 g/mol. The topological polar surface area (TPSA) is 58.9 Å². The molecule has 4 nitrogen and oxygen atoms in total. The fraction of sp³-hybridized carbons (Fsp3) is 0.680. The Morgan fingerprint density at radius 1 is 0.655 bits per heavy atom. The van der Waals surface area contributed by atoms with Crippen molar-refractivity contribution in [3.63, 3.8) is 0 Å². The van der Waals surface area contributed by atoms with E-state index in [1.165, 1.54) is 108 Å². The van der Waals surface area contributed by atoms with Crippen LogP contribution in [0.15, 0.2) is 28.2 Å². The number of carbonyl (C=O) groups excluding carboxylic acids is 2. The lowest BCUT2D eigenvalue weighted by Gasteiger charge is -2.02. The first-order valence-corrected chi connectivity index (χ1v) is 11.5. The highest BCUT2D eigenvalue weighted by molar-refractivity contribution is 5.61. The molecular formula is C25H40N2O2. The standard InChI is InChI=1S/C16H34.C9H6N2O2/c1-3-5-7-9-11-13-15-16-14-12-10-8-6-4-2;1-7-2-3-8(10-5-12)4-9(7)11-6-13/h3-16H2,1-2H3;2-4H,1H3. The minimum absolute atomic E-state index is 0.426. The number of aliphatic imine (C=N–C) groups is 2. The van der Waals surface area contributed by atoms with Crippen molar-refractivity contribution in [2.45, 2.75) is 111 Å². The molecule has 0 amide bonds. The van der Waals surface area contributed by atoms with Crippen molar-refractivity contribution in [2.75, 3.05) is 0 Å². The van der Waals surface area contributed by atoms with Gasteiger partial charge in [0.2, 0.25) is 12.2 Å². The fourth-order valence-electron chi connectivity index (χ4n) is 3.16. The van der Waals surface area contributed by atoms with Gasteiger partial charge in [0.25, 0.3) is 0 Å².